The highest BCUT2D eigenvalue weighted by molar-refractivity contribution is 5.80. The van der Waals surface area contributed by atoms with Gasteiger partial charge in [-0.2, -0.15) is 0 Å². The van der Waals surface area contributed by atoms with E-state index in [1.807, 2.05) is 22.9 Å². The number of aromatic nitrogens is 3. The number of imidazole rings is 1. The van der Waals surface area contributed by atoms with Crippen molar-refractivity contribution in [3.05, 3.63) is 72.4 Å². The van der Waals surface area contributed by atoms with E-state index in [1.165, 1.54) is 18.2 Å². The molecule has 1 aromatic carbocycles. The van der Waals surface area contributed by atoms with Crippen molar-refractivity contribution in [2.45, 2.75) is 19.0 Å². The Morgan fingerprint density at radius 3 is 2.73 bits per heavy atom. The van der Waals surface area contributed by atoms with Crippen LogP contribution in [0.15, 0.2) is 60.2 Å². The van der Waals surface area contributed by atoms with Gasteiger partial charge in [0.05, 0.1) is 0 Å². The van der Waals surface area contributed by atoms with Crippen molar-refractivity contribution >= 4 is 11.6 Å². The number of pyridine rings is 1. The summed E-state index contributed by atoms with van der Waals surface area (Å²) in [6, 6.07) is 7.89. The number of anilines is 1. The topological polar surface area (TPSA) is 70.4 Å². The van der Waals surface area contributed by atoms with Crippen molar-refractivity contribution in [1.29, 1.82) is 0 Å². The molecule has 2 aromatic heterocycles. The van der Waals surface area contributed by atoms with E-state index in [1.54, 1.807) is 30.7 Å². The minimum atomic E-state index is -0.537. The molecule has 3 heterocycles. The Labute approximate surface area is 173 Å². The molecule has 1 atom stereocenters. The number of benzene rings is 1. The first kappa shape index (κ1) is 19.8. The van der Waals surface area contributed by atoms with Crippen LogP contribution >= 0.6 is 0 Å². The van der Waals surface area contributed by atoms with Crippen molar-refractivity contribution in [3.63, 3.8) is 0 Å². The standard InChI is InChI=1S/C21H23F2N7/c1-24-21(27-12-15-5-6-19(26-11-15)30-10-8-25-14-30)28-16-7-9-29(13-16)20-17(22)3-2-4-18(20)23/h2-6,8,10-11,14,16H,7,9,12-13H2,1H3,(H2,24,27,28). The van der Waals surface area contributed by atoms with E-state index in [-0.39, 0.29) is 11.7 Å². The number of hydrogen-bond donors (Lipinski definition) is 2. The van der Waals surface area contributed by atoms with E-state index in [0.29, 0.717) is 25.6 Å². The molecule has 1 unspecified atom stereocenters. The van der Waals surface area contributed by atoms with Gasteiger partial charge in [0, 0.05) is 51.3 Å². The van der Waals surface area contributed by atoms with Gasteiger partial charge in [-0.05, 0) is 30.2 Å². The lowest BCUT2D eigenvalue weighted by molar-refractivity contribution is 0.576. The van der Waals surface area contributed by atoms with Crippen LogP contribution in [0.2, 0.25) is 0 Å². The second-order valence-corrected chi connectivity index (χ2v) is 7.07. The van der Waals surface area contributed by atoms with Crippen LogP contribution in [-0.4, -0.2) is 46.7 Å². The molecule has 0 aliphatic carbocycles. The number of nitrogens with one attached hydrogen (secondary N) is 2. The number of aliphatic imine (C=N–C) groups is 1. The lowest BCUT2D eigenvalue weighted by atomic mass is 10.2. The summed E-state index contributed by atoms with van der Waals surface area (Å²) in [6.07, 6.45) is 7.80. The second kappa shape index (κ2) is 8.89. The maximum absolute atomic E-state index is 14.0. The van der Waals surface area contributed by atoms with Gasteiger partial charge in [-0.1, -0.05) is 12.1 Å². The Kier molecular flexibility index (Phi) is 5.87. The fourth-order valence-electron chi connectivity index (χ4n) is 3.51. The molecule has 4 rings (SSSR count). The van der Waals surface area contributed by atoms with E-state index >= 15 is 0 Å². The molecule has 1 saturated heterocycles. The summed E-state index contributed by atoms with van der Waals surface area (Å²) in [4.78, 5) is 14.4. The fourth-order valence-corrected chi connectivity index (χ4v) is 3.51. The number of guanidine groups is 1. The average Bonchev–Trinajstić information content (AvgIpc) is 3.44. The van der Waals surface area contributed by atoms with E-state index in [0.717, 1.165) is 17.8 Å². The number of rotatable bonds is 5. The zero-order valence-corrected chi connectivity index (χ0v) is 16.6. The Bertz CT molecular complexity index is 982. The Morgan fingerprint density at radius 1 is 1.23 bits per heavy atom. The molecule has 7 nitrogen and oxygen atoms in total. The highest BCUT2D eigenvalue weighted by Gasteiger charge is 2.27. The molecule has 156 valence electrons. The Balaban J connectivity index is 1.31. The third-order valence-electron chi connectivity index (χ3n) is 5.04. The van der Waals surface area contributed by atoms with Gasteiger partial charge in [0.2, 0.25) is 0 Å². The van der Waals surface area contributed by atoms with Crippen LogP contribution in [0.25, 0.3) is 5.82 Å². The Hall–Kier alpha value is -3.49. The van der Waals surface area contributed by atoms with Gasteiger partial charge in [-0.25, -0.2) is 18.7 Å². The van der Waals surface area contributed by atoms with Gasteiger partial charge in [0.1, 0.15) is 29.5 Å². The largest absolute Gasteiger partial charge is 0.365 e. The van der Waals surface area contributed by atoms with Crippen molar-refractivity contribution in [2.24, 2.45) is 4.99 Å². The number of halogens is 2. The maximum atomic E-state index is 14.0. The van der Waals surface area contributed by atoms with E-state index < -0.39 is 11.6 Å². The Morgan fingerprint density at radius 2 is 2.07 bits per heavy atom. The summed E-state index contributed by atoms with van der Waals surface area (Å²) in [7, 11) is 1.69. The molecular formula is C21H23F2N7. The van der Waals surface area contributed by atoms with Crippen LogP contribution in [0.4, 0.5) is 14.5 Å². The van der Waals surface area contributed by atoms with Crippen LogP contribution in [-0.2, 0) is 6.54 Å². The van der Waals surface area contributed by atoms with E-state index in [9.17, 15) is 8.78 Å². The van der Waals surface area contributed by atoms with Crippen LogP contribution < -0.4 is 15.5 Å². The summed E-state index contributed by atoms with van der Waals surface area (Å²) in [6.45, 7) is 1.63. The first-order valence-corrected chi connectivity index (χ1v) is 9.73. The normalized spacial score (nSPS) is 16.7. The molecule has 3 aromatic rings. The molecule has 2 N–H and O–H groups in total. The summed E-state index contributed by atoms with van der Waals surface area (Å²) < 4.78 is 29.9. The van der Waals surface area contributed by atoms with Gasteiger partial charge in [0.25, 0.3) is 0 Å². The van der Waals surface area contributed by atoms with Gasteiger partial charge in [0.15, 0.2) is 5.96 Å². The second-order valence-electron chi connectivity index (χ2n) is 7.07. The predicted molar refractivity (Wildman–Crippen MR) is 112 cm³/mol. The zero-order chi connectivity index (χ0) is 20.9. The summed E-state index contributed by atoms with van der Waals surface area (Å²) >= 11 is 0. The minimum absolute atomic E-state index is 0.0359. The SMILES string of the molecule is CN=C(NCc1ccc(-n2ccnc2)nc1)NC1CCN(c2c(F)cccc2F)C1. The van der Waals surface area contributed by atoms with E-state index in [4.69, 9.17) is 0 Å². The molecule has 1 aliphatic rings. The molecule has 0 radical (unpaired) electrons. The molecular weight excluding hydrogens is 388 g/mol. The summed E-state index contributed by atoms with van der Waals surface area (Å²) in [5, 5.41) is 6.59. The molecule has 9 heteroatoms. The predicted octanol–water partition coefficient (Wildman–Crippen LogP) is 2.49. The lowest BCUT2D eigenvalue weighted by Gasteiger charge is -2.21. The maximum Gasteiger partial charge on any atom is 0.191 e. The summed E-state index contributed by atoms with van der Waals surface area (Å²) in [5.74, 6) is 0.356. The third kappa shape index (κ3) is 4.40. The minimum Gasteiger partial charge on any atom is -0.365 e. The lowest BCUT2D eigenvalue weighted by Crippen LogP contribution is -2.44. The first-order valence-electron chi connectivity index (χ1n) is 9.73. The van der Waals surface area contributed by atoms with Gasteiger partial charge >= 0.3 is 0 Å². The number of para-hydroxylation sites is 1. The highest BCUT2D eigenvalue weighted by atomic mass is 19.1. The van der Waals surface area contributed by atoms with Crippen LogP contribution in [0.5, 0.6) is 0 Å². The molecule has 1 fully saturated rings. The molecule has 0 spiro atoms. The van der Waals surface area contributed by atoms with E-state index in [2.05, 4.69) is 25.6 Å². The number of hydrogen-bond acceptors (Lipinski definition) is 4. The zero-order valence-electron chi connectivity index (χ0n) is 16.6. The van der Waals surface area contributed by atoms with Crippen LogP contribution in [0, 0.1) is 11.6 Å². The highest BCUT2D eigenvalue weighted by Crippen LogP contribution is 2.26. The smallest absolute Gasteiger partial charge is 0.191 e. The van der Waals surface area contributed by atoms with Gasteiger partial charge in [-0.15, -0.1) is 0 Å². The van der Waals surface area contributed by atoms with Gasteiger partial charge < -0.3 is 15.5 Å². The van der Waals surface area contributed by atoms with Crippen LogP contribution in [0.3, 0.4) is 0 Å². The molecule has 0 bridgehead atoms. The molecule has 0 saturated carbocycles. The van der Waals surface area contributed by atoms with Crippen molar-refractivity contribution < 1.29 is 8.78 Å². The first-order chi connectivity index (χ1) is 14.6. The van der Waals surface area contributed by atoms with Crippen molar-refractivity contribution in [3.8, 4) is 5.82 Å². The third-order valence-corrected chi connectivity index (χ3v) is 5.04. The quantitative estimate of drug-likeness (QED) is 0.499. The molecule has 1 aliphatic heterocycles. The number of nitrogens with zero attached hydrogens (tertiary/aromatic N) is 5. The van der Waals surface area contributed by atoms with Crippen LogP contribution in [0.1, 0.15) is 12.0 Å². The monoisotopic (exact) mass is 411 g/mol. The van der Waals surface area contributed by atoms with Gasteiger partial charge in [-0.3, -0.25) is 9.56 Å². The molecule has 30 heavy (non-hydrogen) atoms. The van der Waals surface area contributed by atoms with Crippen molar-refractivity contribution in [1.82, 2.24) is 25.2 Å². The fraction of sp³-hybridized carbons (Fsp3) is 0.286. The molecule has 0 amide bonds. The van der Waals surface area contributed by atoms with Crippen molar-refractivity contribution in [2.75, 3.05) is 25.0 Å². The summed E-state index contributed by atoms with van der Waals surface area (Å²) in [5.41, 5.74) is 1.04. The average molecular weight is 411 g/mol.